The Morgan fingerprint density at radius 3 is 2.83 bits per heavy atom. The van der Waals surface area contributed by atoms with Crippen molar-refractivity contribution in [3.05, 3.63) is 34.2 Å². The normalized spacial score (nSPS) is 12.0. The molecular formula is C16H20BrFN6O3S3. The highest BCUT2D eigenvalue weighted by Crippen LogP contribution is 2.24. The van der Waals surface area contributed by atoms with Crippen LogP contribution in [0.3, 0.4) is 0 Å². The van der Waals surface area contributed by atoms with E-state index in [9.17, 15) is 14.4 Å². The molecule has 0 aliphatic rings. The number of anilines is 1. The third kappa shape index (κ3) is 8.26. The number of amides is 1. The Hall–Kier alpha value is -1.61. The molecule has 0 saturated heterocycles. The van der Waals surface area contributed by atoms with Crippen LogP contribution < -0.4 is 14.8 Å². The molecule has 0 unspecified atom stereocenters. The molecule has 14 heteroatoms. The van der Waals surface area contributed by atoms with Gasteiger partial charge in [0.1, 0.15) is 16.4 Å². The first kappa shape index (κ1) is 24.7. The minimum absolute atomic E-state index is 0.0960. The molecule has 0 aliphatic carbocycles. The Bertz CT molecular complexity index is 893. The fourth-order valence-corrected chi connectivity index (χ4v) is 4.29. The molecule has 0 fully saturated rings. The van der Waals surface area contributed by atoms with Gasteiger partial charge in [-0.3, -0.25) is 4.72 Å². The van der Waals surface area contributed by atoms with E-state index in [1.54, 1.807) is 20.8 Å². The maximum absolute atomic E-state index is 13.4. The molecule has 0 aliphatic heterocycles. The number of ether oxygens (including phenoxy) is 1. The summed E-state index contributed by atoms with van der Waals surface area (Å²) in [5.41, 5.74) is 0.345. The summed E-state index contributed by atoms with van der Waals surface area (Å²) in [5.74, 6) is 0.308. The number of oxime groups is 1. The van der Waals surface area contributed by atoms with E-state index in [0.717, 1.165) is 23.9 Å². The number of hydrogen-bond acceptors (Lipinski definition) is 10. The number of amidine groups is 1. The predicted octanol–water partition coefficient (Wildman–Crippen LogP) is 4.46. The second kappa shape index (κ2) is 11.7. The van der Waals surface area contributed by atoms with Crippen LogP contribution in [0.25, 0.3) is 0 Å². The van der Waals surface area contributed by atoms with Crippen LogP contribution in [0.5, 0.6) is 0 Å². The van der Waals surface area contributed by atoms with Gasteiger partial charge in [0.25, 0.3) is 0 Å². The predicted molar refractivity (Wildman–Crippen MR) is 122 cm³/mol. The first-order valence-corrected chi connectivity index (χ1v) is 11.8. The zero-order valence-electron chi connectivity index (χ0n) is 16.2. The average molecular weight is 539 g/mol. The molecule has 0 saturated carbocycles. The smallest absolute Gasteiger partial charge is 0.418 e. The number of carbonyl (C=O) groups is 1. The van der Waals surface area contributed by atoms with Gasteiger partial charge in [0.05, 0.1) is 16.2 Å². The molecule has 0 bridgehead atoms. The van der Waals surface area contributed by atoms with Gasteiger partial charge in [-0.25, -0.2) is 13.9 Å². The lowest BCUT2D eigenvalue weighted by atomic mass is 10.2. The number of benzene rings is 1. The summed E-state index contributed by atoms with van der Waals surface area (Å²) in [6, 6.07) is 4.31. The SMILES string of the molecule is CC(C)(C)OC(=O)NSNCCSc1nsnc1/C(=N/O)Nc1ccc(F)c(Br)c1. The van der Waals surface area contributed by atoms with Crippen molar-refractivity contribution >= 4 is 69.2 Å². The summed E-state index contributed by atoms with van der Waals surface area (Å²) in [6.07, 6.45) is -0.527. The molecule has 164 valence electrons. The van der Waals surface area contributed by atoms with Crippen LogP contribution in [0.4, 0.5) is 14.9 Å². The van der Waals surface area contributed by atoms with E-state index in [-0.39, 0.29) is 10.3 Å². The summed E-state index contributed by atoms with van der Waals surface area (Å²) in [7, 11) is 0. The number of nitrogens with one attached hydrogen (secondary N) is 3. The van der Waals surface area contributed by atoms with Crippen LogP contribution >= 0.6 is 51.6 Å². The summed E-state index contributed by atoms with van der Waals surface area (Å²) in [4.78, 5) is 11.5. The van der Waals surface area contributed by atoms with E-state index in [4.69, 9.17) is 4.74 Å². The van der Waals surface area contributed by atoms with Gasteiger partial charge in [-0.1, -0.05) is 5.16 Å². The monoisotopic (exact) mass is 538 g/mol. The van der Waals surface area contributed by atoms with Gasteiger partial charge >= 0.3 is 6.09 Å². The highest BCUT2D eigenvalue weighted by atomic mass is 79.9. The van der Waals surface area contributed by atoms with Crippen molar-refractivity contribution in [3.8, 4) is 0 Å². The first-order chi connectivity index (χ1) is 14.2. The molecule has 1 heterocycles. The van der Waals surface area contributed by atoms with Gasteiger partial charge in [-0.15, -0.1) is 11.8 Å². The lowest BCUT2D eigenvalue weighted by Gasteiger charge is -2.19. The van der Waals surface area contributed by atoms with Gasteiger partial charge in [0.2, 0.25) is 0 Å². The molecule has 0 radical (unpaired) electrons. The molecular weight excluding hydrogens is 519 g/mol. The van der Waals surface area contributed by atoms with E-state index in [1.807, 2.05) is 0 Å². The molecule has 1 aromatic heterocycles. The van der Waals surface area contributed by atoms with Crippen LogP contribution in [0.1, 0.15) is 26.5 Å². The number of aromatic nitrogens is 2. The lowest BCUT2D eigenvalue weighted by molar-refractivity contribution is 0.0574. The van der Waals surface area contributed by atoms with Crippen LogP contribution in [0.2, 0.25) is 0 Å². The number of halogens is 2. The standard InChI is InChI=1S/C16H20BrFN6O3S3/c1-16(2,3)27-15(25)24-29-19-6-7-28-14-12(22-30-23-14)13(21-26)20-9-4-5-11(18)10(17)8-9/h4-5,8,19,26H,6-7H2,1-3H3,(H,20,21)(H,24,25). The summed E-state index contributed by atoms with van der Waals surface area (Å²) < 4.78 is 32.7. The molecule has 1 amide bonds. The minimum Gasteiger partial charge on any atom is -0.443 e. The quantitative estimate of drug-likeness (QED) is 0.0733. The molecule has 2 aromatic rings. The maximum Gasteiger partial charge on any atom is 0.418 e. The van der Waals surface area contributed by atoms with Gasteiger partial charge in [-0.05, 0) is 54.9 Å². The second-order valence-corrected chi connectivity index (χ2v) is 9.73. The zero-order valence-corrected chi connectivity index (χ0v) is 20.3. The molecule has 30 heavy (non-hydrogen) atoms. The molecule has 9 nitrogen and oxygen atoms in total. The van der Waals surface area contributed by atoms with Crippen molar-refractivity contribution in [1.29, 1.82) is 0 Å². The number of thioether (sulfide) groups is 1. The number of nitrogens with zero attached hydrogens (tertiary/aromatic N) is 3. The van der Waals surface area contributed by atoms with Crippen molar-refractivity contribution in [3.63, 3.8) is 0 Å². The van der Waals surface area contributed by atoms with Crippen molar-refractivity contribution in [2.75, 3.05) is 17.6 Å². The first-order valence-electron chi connectivity index (χ1n) is 8.47. The van der Waals surface area contributed by atoms with E-state index in [1.165, 1.54) is 30.0 Å². The van der Waals surface area contributed by atoms with E-state index < -0.39 is 17.5 Å². The third-order valence-electron chi connectivity index (χ3n) is 3.01. The van der Waals surface area contributed by atoms with Crippen LogP contribution in [-0.2, 0) is 4.74 Å². The Morgan fingerprint density at radius 2 is 2.17 bits per heavy atom. The minimum atomic E-state index is -0.557. The highest BCUT2D eigenvalue weighted by molar-refractivity contribution is 9.10. The molecule has 1 aromatic carbocycles. The fraction of sp³-hybridized carbons (Fsp3) is 0.375. The Kier molecular flexibility index (Phi) is 9.61. The van der Waals surface area contributed by atoms with Gasteiger partial charge in [-0.2, -0.15) is 8.75 Å². The van der Waals surface area contributed by atoms with Crippen LogP contribution in [-0.4, -0.2) is 43.8 Å². The zero-order chi connectivity index (χ0) is 22.1. The number of carbonyl (C=O) groups excluding carboxylic acids is 1. The highest BCUT2D eigenvalue weighted by Gasteiger charge is 2.17. The Labute approximate surface area is 194 Å². The lowest BCUT2D eigenvalue weighted by Crippen LogP contribution is -2.31. The van der Waals surface area contributed by atoms with Crippen molar-refractivity contribution in [2.24, 2.45) is 5.16 Å². The number of hydrogen-bond donors (Lipinski definition) is 4. The Morgan fingerprint density at radius 1 is 1.40 bits per heavy atom. The average Bonchev–Trinajstić information content (AvgIpc) is 3.12. The van der Waals surface area contributed by atoms with Crippen LogP contribution in [0.15, 0.2) is 32.9 Å². The maximum atomic E-state index is 13.4. The van der Waals surface area contributed by atoms with Crippen molar-refractivity contribution < 1.29 is 19.1 Å². The van der Waals surface area contributed by atoms with Gasteiger partial charge in [0, 0.05) is 30.1 Å². The van der Waals surface area contributed by atoms with Gasteiger partial charge < -0.3 is 15.3 Å². The molecule has 2 rings (SSSR count). The largest absolute Gasteiger partial charge is 0.443 e. The van der Waals surface area contributed by atoms with Crippen molar-refractivity contribution in [1.82, 2.24) is 18.2 Å². The van der Waals surface area contributed by atoms with E-state index in [2.05, 4.69) is 44.6 Å². The second-order valence-electron chi connectivity index (χ2n) is 6.57. The van der Waals surface area contributed by atoms with E-state index >= 15 is 0 Å². The molecule has 0 spiro atoms. The fourth-order valence-electron chi connectivity index (χ4n) is 1.88. The molecule has 4 N–H and O–H groups in total. The summed E-state index contributed by atoms with van der Waals surface area (Å²) >= 11 is 6.52. The van der Waals surface area contributed by atoms with E-state index in [0.29, 0.717) is 28.7 Å². The topological polar surface area (TPSA) is 121 Å². The van der Waals surface area contributed by atoms with Crippen LogP contribution in [0, 0.1) is 5.82 Å². The molecule has 0 atom stereocenters. The van der Waals surface area contributed by atoms with Crippen molar-refractivity contribution in [2.45, 2.75) is 31.4 Å². The summed E-state index contributed by atoms with van der Waals surface area (Å²) in [5, 5.41) is 16.1. The van der Waals surface area contributed by atoms with Gasteiger partial charge in [0.15, 0.2) is 11.5 Å². The number of rotatable bonds is 8. The summed E-state index contributed by atoms with van der Waals surface area (Å²) in [6.45, 7) is 5.91. The Balaban J connectivity index is 1.81. The third-order valence-corrected chi connectivity index (χ3v) is 5.85.